The van der Waals surface area contributed by atoms with Crippen molar-refractivity contribution in [2.45, 2.75) is 32.5 Å². The van der Waals surface area contributed by atoms with Crippen molar-refractivity contribution in [3.63, 3.8) is 0 Å². The van der Waals surface area contributed by atoms with Crippen LogP contribution in [0.5, 0.6) is 5.75 Å². The maximum Gasteiger partial charge on any atom is 0.273 e. The first-order chi connectivity index (χ1) is 14.2. The van der Waals surface area contributed by atoms with Crippen LogP contribution in [0.15, 0.2) is 65.6 Å². The number of pyridine rings is 1. The van der Waals surface area contributed by atoms with Crippen LogP contribution in [-0.4, -0.2) is 31.9 Å². The van der Waals surface area contributed by atoms with Crippen LogP contribution in [0.3, 0.4) is 0 Å². The molecule has 0 aliphatic rings. The fourth-order valence-corrected chi connectivity index (χ4v) is 2.91. The van der Waals surface area contributed by atoms with Crippen LogP contribution < -0.4 is 10.1 Å². The van der Waals surface area contributed by atoms with Crippen molar-refractivity contribution < 1.29 is 14.1 Å². The average Bonchev–Trinajstić information content (AvgIpc) is 3.42. The summed E-state index contributed by atoms with van der Waals surface area (Å²) >= 11 is 0. The van der Waals surface area contributed by atoms with Crippen LogP contribution in [0.2, 0.25) is 0 Å². The van der Waals surface area contributed by atoms with E-state index in [1.807, 2.05) is 54.2 Å². The highest BCUT2D eigenvalue weighted by molar-refractivity contribution is 5.92. The van der Waals surface area contributed by atoms with Gasteiger partial charge in [0.25, 0.3) is 5.91 Å². The van der Waals surface area contributed by atoms with Crippen molar-refractivity contribution >= 4 is 16.8 Å². The number of nitrogens with one attached hydrogen (secondary N) is 1. The van der Waals surface area contributed by atoms with Crippen LogP contribution in [0.1, 0.15) is 29.6 Å². The Morgan fingerprint density at radius 3 is 3.03 bits per heavy atom. The molecular weight excluding hydrogens is 370 g/mol. The second kappa shape index (κ2) is 8.55. The Labute approximate surface area is 167 Å². The summed E-state index contributed by atoms with van der Waals surface area (Å²) in [6.07, 6.45) is 6.14. The third-order valence-corrected chi connectivity index (χ3v) is 4.48. The first-order valence-corrected chi connectivity index (χ1v) is 9.39. The number of aryl methyl sites for hydroxylation is 1. The third-order valence-electron chi connectivity index (χ3n) is 4.48. The third kappa shape index (κ3) is 4.78. The first kappa shape index (κ1) is 18.7. The number of rotatable bonds is 8. The molecular formula is C21H21N5O3. The molecule has 0 saturated heterocycles. The summed E-state index contributed by atoms with van der Waals surface area (Å²) in [5, 5.41) is 11.9. The Morgan fingerprint density at radius 1 is 1.24 bits per heavy atom. The van der Waals surface area contributed by atoms with Gasteiger partial charge < -0.3 is 14.6 Å². The Balaban J connectivity index is 1.29. The van der Waals surface area contributed by atoms with Gasteiger partial charge in [0.05, 0.1) is 5.52 Å². The molecule has 4 rings (SSSR count). The molecule has 8 nitrogen and oxygen atoms in total. The molecule has 0 aliphatic heterocycles. The van der Waals surface area contributed by atoms with E-state index in [9.17, 15) is 4.79 Å². The SMILES string of the molecule is CC(CCn1cccn1)NC(=O)c1cc(COc2ccc3ncccc3c2)on1. The van der Waals surface area contributed by atoms with Gasteiger partial charge in [-0.1, -0.05) is 11.2 Å². The molecule has 29 heavy (non-hydrogen) atoms. The van der Waals surface area contributed by atoms with Gasteiger partial charge >= 0.3 is 0 Å². The van der Waals surface area contributed by atoms with Crippen molar-refractivity contribution in [3.05, 3.63) is 72.5 Å². The van der Waals surface area contributed by atoms with E-state index in [1.54, 1.807) is 18.5 Å². The zero-order chi connectivity index (χ0) is 20.1. The number of benzene rings is 1. The Kier molecular flexibility index (Phi) is 5.51. The lowest BCUT2D eigenvalue weighted by Gasteiger charge is -2.12. The fraction of sp³-hybridized carbons (Fsp3) is 0.238. The molecule has 8 heteroatoms. The van der Waals surface area contributed by atoms with E-state index in [0.29, 0.717) is 11.5 Å². The predicted octanol–water partition coefficient (Wildman–Crippen LogP) is 3.21. The lowest BCUT2D eigenvalue weighted by atomic mass is 10.2. The van der Waals surface area contributed by atoms with Crippen molar-refractivity contribution in [1.82, 2.24) is 25.2 Å². The lowest BCUT2D eigenvalue weighted by molar-refractivity contribution is 0.0928. The Bertz CT molecular complexity index is 1090. The number of carbonyl (C=O) groups excluding carboxylic acids is 1. The molecule has 0 spiro atoms. The quantitative estimate of drug-likeness (QED) is 0.496. The van der Waals surface area contributed by atoms with Crippen molar-refractivity contribution in [2.75, 3.05) is 0 Å². The van der Waals surface area contributed by atoms with Crippen LogP contribution in [-0.2, 0) is 13.2 Å². The largest absolute Gasteiger partial charge is 0.486 e. The average molecular weight is 391 g/mol. The normalized spacial score (nSPS) is 12.0. The molecule has 0 radical (unpaired) electrons. The van der Waals surface area contributed by atoms with Crippen molar-refractivity contribution in [3.8, 4) is 5.75 Å². The lowest BCUT2D eigenvalue weighted by Crippen LogP contribution is -2.33. The minimum Gasteiger partial charge on any atom is -0.486 e. The van der Waals surface area contributed by atoms with E-state index in [0.717, 1.165) is 23.9 Å². The molecule has 1 N–H and O–H groups in total. The van der Waals surface area contributed by atoms with Crippen LogP contribution >= 0.6 is 0 Å². The van der Waals surface area contributed by atoms with Crippen LogP contribution in [0.25, 0.3) is 10.9 Å². The topological polar surface area (TPSA) is 95.1 Å². The zero-order valence-electron chi connectivity index (χ0n) is 16.0. The van der Waals surface area contributed by atoms with Gasteiger partial charge in [-0.2, -0.15) is 5.10 Å². The van der Waals surface area contributed by atoms with Gasteiger partial charge in [0, 0.05) is 42.6 Å². The van der Waals surface area contributed by atoms with E-state index < -0.39 is 0 Å². The number of nitrogens with zero attached hydrogens (tertiary/aromatic N) is 4. The monoisotopic (exact) mass is 391 g/mol. The molecule has 0 aliphatic carbocycles. The van der Waals surface area contributed by atoms with Crippen LogP contribution in [0.4, 0.5) is 0 Å². The molecule has 0 saturated carbocycles. The smallest absolute Gasteiger partial charge is 0.273 e. The fourth-order valence-electron chi connectivity index (χ4n) is 2.91. The molecule has 1 aromatic carbocycles. The number of fused-ring (bicyclic) bond motifs is 1. The highest BCUT2D eigenvalue weighted by Gasteiger charge is 2.15. The van der Waals surface area contributed by atoms with Gasteiger partial charge in [-0.3, -0.25) is 14.5 Å². The highest BCUT2D eigenvalue weighted by atomic mass is 16.5. The number of hydrogen-bond acceptors (Lipinski definition) is 6. The second-order valence-electron chi connectivity index (χ2n) is 6.76. The maximum absolute atomic E-state index is 12.3. The van der Waals surface area contributed by atoms with E-state index in [2.05, 4.69) is 20.6 Å². The summed E-state index contributed by atoms with van der Waals surface area (Å²) in [5.74, 6) is 0.899. The van der Waals surface area contributed by atoms with Crippen molar-refractivity contribution in [2.24, 2.45) is 0 Å². The maximum atomic E-state index is 12.3. The second-order valence-corrected chi connectivity index (χ2v) is 6.76. The van der Waals surface area contributed by atoms with E-state index in [4.69, 9.17) is 9.26 Å². The summed E-state index contributed by atoms with van der Waals surface area (Å²) in [6.45, 7) is 2.86. The molecule has 148 valence electrons. The molecule has 3 aromatic heterocycles. The molecule has 1 atom stereocenters. The van der Waals surface area contributed by atoms with Gasteiger partial charge in [0.1, 0.15) is 12.4 Å². The summed E-state index contributed by atoms with van der Waals surface area (Å²) in [6, 6.07) is 13.0. The number of ether oxygens (including phenoxy) is 1. The number of carbonyl (C=O) groups is 1. The highest BCUT2D eigenvalue weighted by Crippen LogP contribution is 2.20. The number of amides is 1. The van der Waals surface area contributed by atoms with Gasteiger partial charge in [-0.25, -0.2) is 0 Å². The van der Waals surface area contributed by atoms with Gasteiger partial charge in [0.15, 0.2) is 11.5 Å². The van der Waals surface area contributed by atoms with E-state index >= 15 is 0 Å². The summed E-state index contributed by atoms with van der Waals surface area (Å²) in [4.78, 5) is 16.6. The van der Waals surface area contributed by atoms with Crippen LogP contribution in [0, 0.1) is 0 Å². The van der Waals surface area contributed by atoms with Gasteiger partial charge in [0.2, 0.25) is 0 Å². The number of hydrogen-bond donors (Lipinski definition) is 1. The summed E-state index contributed by atoms with van der Waals surface area (Å²) in [5.41, 5.74) is 1.14. The summed E-state index contributed by atoms with van der Waals surface area (Å²) in [7, 11) is 0. The summed E-state index contributed by atoms with van der Waals surface area (Å²) < 4.78 is 12.8. The van der Waals surface area contributed by atoms with Gasteiger partial charge in [-0.05, 0) is 43.7 Å². The van der Waals surface area contributed by atoms with E-state index in [1.165, 1.54) is 0 Å². The predicted molar refractivity (Wildman–Crippen MR) is 106 cm³/mol. The first-order valence-electron chi connectivity index (χ1n) is 9.39. The number of aromatic nitrogens is 4. The Hall–Kier alpha value is -3.68. The molecule has 1 amide bonds. The van der Waals surface area contributed by atoms with Crippen molar-refractivity contribution in [1.29, 1.82) is 0 Å². The molecule has 0 fully saturated rings. The van der Waals surface area contributed by atoms with E-state index in [-0.39, 0.29) is 24.2 Å². The standard InChI is InChI=1S/C21H21N5O3/c1-15(7-11-26-10-3-9-23-26)24-21(27)20-13-18(29-25-20)14-28-17-5-6-19-16(12-17)4-2-8-22-19/h2-6,8-10,12-13,15H,7,11,14H2,1H3,(H,24,27). The molecule has 1 unspecified atom stereocenters. The molecule has 3 heterocycles. The molecule has 4 aromatic rings. The minimum atomic E-state index is -0.273. The Morgan fingerprint density at radius 2 is 2.17 bits per heavy atom. The zero-order valence-corrected chi connectivity index (χ0v) is 16.0. The van der Waals surface area contributed by atoms with Gasteiger partial charge in [-0.15, -0.1) is 0 Å². The minimum absolute atomic E-state index is 0.0192. The molecule has 0 bridgehead atoms.